The van der Waals surface area contributed by atoms with Crippen molar-refractivity contribution in [1.29, 1.82) is 0 Å². The van der Waals surface area contributed by atoms with Crippen molar-refractivity contribution in [2.75, 3.05) is 25.5 Å². The first-order valence-corrected chi connectivity index (χ1v) is 10.3. The molecule has 1 aliphatic rings. The van der Waals surface area contributed by atoms with Crippen molar-refractivity contribution in [3.8, 4) is 17.0 Å². The number of ether oxygens (including phenoxy) is 1. The third-order valence-electron chi connectivity index (χ3n) is 5.41. The minimum atomic E-state index is 0.447. The number of hydrogen-bond donors (Lipinski definition) is 3. The monoisotopic (exact) mass is 423 g/mol. The fraction of sp³-hybridized carbons (Fsp3) is 0.286. The minimum Gasteiger partial charge on any atom is -0.496 e. The highest BCUT2D eigenvalue weighted by Crippen LogP contribution is 2.32. The number of aromatic amines is 1. The lowest BCUT2D eigenvalue weighted by atomic mass is 10.1. The van der Waals surface area contributed by atoms with Gasteiger partial charge in [0.1, 0.15) is 11.3 Å². The van der Waals surface area contributed by atoms with Crippen molar-refractivity contribution in [3.05, 3.63) is 47.7 Å². The molecule has 1 aromatic carbocycles. The van der Waals surface area contributed by atoms with Gasteiger partial charge < -0.3 is 19.9 Å². The molecular weight excluding hydrogens is 402 g/mol. The fourth-order valence-corrected chi connectivity index (χ4v) is 4.06. The molecule has 9 heteroatoms. The molecule has 8 nitrogen and oxygen atoms in total. The van der Waals surface area contributed by atoms with Gasteiger partial charge in [-0.2, -0.15) is 5.10 Å². The first kappa shape index (κ1) is 18.9. The average molecular weight is 424 g/mol. The van der Waals surface area contributed by atoms with Gasteiger partial charge in [-0.15, -0.1) is 0 Å². The summed E-state index contributed by atoms with van der Waals surface area (Å²) in [6.45, 7) is 2.06. The van der Waals surface area contributed by atoms with E-state index in [0.717, 1.165) is 48.4 Å². The lowest BCUT2D eigenvalue weighted by molar-refractivity contribution is 0.375. The third kappa shape index (κ3) is 3.59. The van der Waals surface area contributed by atoms with Gasteiger partial charge in [-0.3, -0.25) is 5.10 Å². The zero-order valence-electron chi connectivity index (χ0n) is 16.5. The third-order valence-corrected chi connectivity index (χ3v) is 5.64. The van der Waals surface area contributed by atoms with Gasteiger partial charge in [-0.05, 0) is 50.2 Å². The zero-order chi connectivity index (χ0) is 20.5. The average Bonchev–Trinajstić information content (AvgIpc) is 3.41. The van der Waals surface area contributed by atoms with Crippen LogP contribution in [0.3, 0.4) is 0 Å². The van der Waals surface area contributed by atoms with Crippen molar-refractivity contribution in [1.82, 2.24) is 30.0 Å². The molecule has 1 fully saturated rings. The van der Waals surface area contributed by atoms with E-state index < -0.39 is 0 Å². The molecule has 4 aromatic rings. The van der Waals surface area contributed by atoms with E-state index in [4.69, 9.17) is 21.3 Å². The summed E-state index contributed by atoms with van der Waals surface area (Å²) in [4.78, 5) is 9.37. The quantitative estimate of drug-likeness (QED) is 0.446. The molecule has 30 heavy (non-hydrogen) atoms. The predicted octanol–water partition coefficient (Wildman–Crippen LogP) is 4.15. The maximum absolute atomic E-state index is 6.06. The number of benzene rings is 1. The highest BCUT2D eigenvalue weighted by Gasteiger charge is 2.18. The number of piperidine rings is 1. The second-order valence-electron chi connectivity index (χ2n) is 7.30. The molecule has 5 rings (SSSR count). The number of halogens is 1. The molecular formula is C21H22ClN7O. The summed E-state index contributed by atoms with van der Waals surface area (Å²) in [5, 5.41) is 14.7. The smallest absolute Gasteiger partial charge is 0.161 e. The first-order valence-electron chi connectivity index (χ1n) is 9.92. The maximum atomic E-state index is 6.06. The van der Waals surface area contributed by atoms with Crippen LogP contribution >= 0.6 is 11.6 Å². The number of hydrogen-bond acceptors (Lipinski definition) is 6. The van der Waals surface area contributed by atoms with E-state index in [2.05, 4.69) is 36.6 Å². The van der Waals surface area contributed by atoms with Crippen LogP contribution in [0.15, 0.2) is 42.7 Å². The molecule has 4 heterocycles. The van der Waals surface area contributed by atoms with E-state index in [0.29, 0.717) is 28.4 Å². The Hall–Kier alpha value is -3.10. The van der Waals surface area contributed by atoms with E-state index in [-0.39, 0.29) is 0 Å². The lowest BCUT2D eigenvalue weighted by Gasteiger charge is -2.24. The topological polar surface area (TPSA) is 92.7 Å². The van der Waals surface area contributed by atoms with Crippen molar-refractivity contribution >= 4 is 34.4 Å². The number of anilines is 2. The molecule has 0 amide bonds. The Balaban J connectivity index is 1.41. The van der Waals surface area contributed by atoms with E-state index in [1.165, 1.54) is 0 Å². The van der Waals surface area contributed by atoms with Gasteiger partial charge in [0.2, 0.25) is 0 Å². The van der Waals surface area contributed by atoms with Crippen LogP contribution in [0.2, 0.25) is 5.02 Å². The summed E-state index contributed by atoms with van der Waals surface area (Å²) >= 11 is 6.06. The summed E-state index contributed by atoms with van der Waals surface area (Å²) in [6, 6.07) is 9.87. The number of fused-ring (bicyclic) bond motifs is 1. The van der Waals surface area contributed by atoms with E-state index in [1.54, 1.807) is 19.4 Å². The summed E-state index contributed by atoms with van der Waals surface area (Å²) in [5.41, 5.74) is 3.48. The molecule has 3 aromatic heterocycles. The summed E-state index contributed by atoms with van der Waals surface area (Å²) in [5.74, 6) is 1.98. The molecule has 3 N–H and O–H groups in total. The van der Waals surface area contributed by atoms with Gasteiger partial charge in [-0.1, -0.05) is 11.6 Å². The Morgan fingerprint density at radius 1 is 1.17 bits per heavy atom. The Labute approximate surface area is 178 Å². The molecule has 0 atom stereocenters. The van der Waals surface area contributed by atoms with Crippen LogP contribution < -0.4 is 15.4 Å². The Morgan fingerprint density at radius 3 is 2.87 bits per heavy atom. The number of nitrogens with zero attached hydrogens (tertiary/aromatic N) is 4. The molecule has 0 spiro atoms. The highest BCUT2D eigenvalue weighted by atomic mass is 35.5. The molecule has 0 aliphatic carbocycles. The van der Waals surface area contributed by atoms with Crippen molar-refractivity contribution in [2.45, 2.75) is 18.9 Å². The van der Waals surface area contributed by atoms with Gasteiger partial charge in [0.15, 0.2) is 17.3 Å². The highest BCUT2D eigenvalue weighted by molar-refractivity contribution is 6.30. The van der Waals surface area contributed by atoms with Gasteiger partial charge in [0, 0.05) is 28.9 Å². The first-order chi connectivity index (χ1) is 14.7. The van der Waals surface area contributed by atoms with Gasteiger partial charge in [0.05, 0.1) is 19.0 Å². The van der Waals surface area contributed by atoms with Gasteiger partial charge >= 0.3 is 0 Å². The van der Waals surface area contributed by atoms with Crippen LogP contribution in [0.1, 0.15) is 18.9 Å². The zero-order valence-corrected chi connectivity index (χ0v) is 17.3. The van der Waals surface area contributed by atoms with Crippen LogP contribution in [0, 0.1) is 0 Å². The van der Waals surface area contributed by atoms with Crippen LogP contribution in [-0.4, -0.2) is 44.9 Å². The van der Waals surface area contributed by atoms with Crippen LogP contribution in [-0.2, 0) is 0 Å². The molecule has 0 radical (unpaired) electrons. The van der Waals surface area contributed by atoms with Crippen molar-refractivity contribution in [3.63, 3.8) is 0 Å². The van der Waals surface area contributed by atoms with Crippen LogP contribution in [0.5, 0.6) is 5.75 Å². The minimum absolute atomic E-state index is 0.447. The summed E-state index contributed by atoms with van der Waals surface area (Å²) in [6.07, 6.45) is 6.00. The largest absolute Gasteiger partial charge is 0.496 e. The fourth-order valence-electron chi connectivity index (χ4n) is 3.90. The number of aromatic nitrogens is 5. The number of methoxy groups -OCH3 is 1. The molecule has 0 bridgehead atoms. The second-order valence-corrected chi connectivity index (χ2v) is 7.74. The molecule has 154 valence electrons. The van der Waals surface area contributed by atoms with Gasteiger partial charge in [-0.25, -0.2) is 9.97 Å². The summed E-state index contributed by atoms with van der Waals surface area (Å²) < 4.78 is 7.68. The van der Waals surface area contributed by atoms with Crippen LogP contribution in [0.4, 0.5) is 11.6 Å². The lowest BCUT2D eigenvalue weighted by Crippen LogP contribution is -2.29. The van der Waals surface area contributed by atoms with E-state index >= 15 is 0 Å². The Morgan fingerprint density at radius 2 is 2.03 bits per heavy atom. The standard InChI is InChI=1S/C21H22ClN7O/c1-30-18-10-13(22)2-3-15(18)17-11-19(28-27-17)25-20-12-24-16-6-9-29(21(16)26-20)14-4-7-23-8-5-14/h2-3,6,9-12,14,23H,4-5,7-8H2,1H3,(H2,25,26,27,28). The van der Waals surface area contributed by atoms with Crippen LogP contribution in [0.25, 0.3) is 22.4 Å². The normalized spacial score (nSPS) is 14.9. The number of nitrogens with one attached hydrogen (secondary N) is 3. The SMILES string of the molecule is COc1cc(Cl)ccc1-c1cc(Nc2cnc3ccn(C4CCNCC4)c3n2)n[nH]1. The Bertz CT molecular complexity index is 1180. The van der Waals surface area contributed by atoms with Gasteiger partial charge in [0.25, 0.3) is 0 Å². The molecule has 1 aliphatic heterocycles. The van der Waals surface area contributed by atoms with Crippen molar-refractivity contribution in [2.24, 2.45) is 0 Å². The molecule has 1 saturated heterocycles. The second kappa shape index (κ2) is 7.97. The predicted molar refractivity (Wildman–Crippen MR) is 118 cm³/mol. The number of rotatable bonds is 5. The Kier molecular flexibility index (Phi) is 5.02. The maximum Gasteiger partial charge on any atom is 0.161 e. The number of H-pyrrole nitrogens is 1. The van der Waals surface area contributed by atoms with E-state index in [9.17, 15) is 0 Å². The molecule has 0 saturated carbocycles. The van der Waals surface area contributed by atoms with E-state index in [1.807, 2.05) is 24.3 Å². The molecule has 0 unspecified atom stereocenters. The summed E-state index contributed by atoms with van der Waals surface area (Å²) in [7, 11) is 1.62. The van der Waals surface area contributed by atoms with Crippen molar-refractivity contribution < 1.29 is 4.74 Å².